The highest BCUT2D eigenvalue weighted by Gasteiger charge is 2.30. The lowest BCUT2D eigenvalue weighted by atomic mass is 9.81. The predicted octanol–water partition coefficient (Wildman–Crippen LogP) is 4.08. The molecule has 9 nitrogen and oxygen atoms in total. The maximum Gasteiger partial charge on any atom is 0.223 e. The lowest BCUT2D eigenvalue weighted by Gasteiger charge is -2.27. The number of anilines is 1. The van der Waals surface area contributed by atoms with Crippen LogP contribution < -0.4 is 21.1 Å². The molecule has 5 rings (SSSR count). The van der Waals surface area contributed by atoms with Crippen molar-refractivity contribution in [1.29, 1.82) is 0 Å². The first-order valence-electron chi connectivity index (χ1n) is 13.4. The van der Waals surface area contributed by atoms with Crippen LogP contribution in [0.5, 0.6) is 5.75 Å². The zero-order valence-electron chi connectivity index (χ0n) is 22.1. The van der Waals surface area contributed by atoms with Gasteiger partial charge >= 0.3 is 0 Å². The van der Waals surface area contributed by atoms with E-state index in [1.165, 1.54) is 6.92 Å². The Kier molecular flexibility index (Phi) is 8.05. The van der Waals surface area contributed by atoms with Gasteiger partial charge in [0.15, 0.2) is 0 Å². The number of nitrogens with two attached hydrogens (primary N) is 1. The molecule has 0 bridgehead atoms. The quantitative estimate of drug-likeness (QED) is 0.282. The number of nitrogens with zero attached hydrogens (tertiary/aromatic N) is 3. The molecule has 2 amide bonds. The summed E-state index contributed by atoms with van der Waals surface area (Å²) >= 11 is 0. The van der Waals surface area contributed by atoms with E-state index in [0.717, 1.165) is 59.6 Å². The van der Waals surface area contributed by atoms with Gasteiger partial charge in [0.2, 0.25) is 11.8 Å². The van der Waals surface area contributed by atoms with Crippen molar-refractivity contribution < 1.29 is 14.3 Å². The standard InChI is InChI=1S/C30H34N6O3/c1-20(37)32-14-15-34-30(38)23-12-10-22(11-13-23)29-35-26(27-28(31)33-16-17-36(27)29)24-8-5-9-25(18-24)39-19-21-6-3-2-4-7-21/h2-9,16-18,22-23H,10-15,19H2,1H3,(H2,31,33)(H,32,37)(H,34,38). The number of ether oxygens (including phenoxy) is 1. The molecule has 1 fully saturated rings. The molecule has 39 heavy (non-hydrogen) atoms. The van der Waals surface area contributed by atoms with Crippen molar-refractivity contribution in [2.75, 3.05) is 18.8 Å². The lowest BCUT2D eigenvalue weighted by Crippen LogP contribution is -2.38. The highest BCUT2D eigenvalue weighted by atomic mass is 16.5. The second-order valence-corrected chi connectivity index (χ2v) is 9.97. The van der Waals surface area contributed by atoms with E-state index in [2.05, 4.69) is 15.6 Å². The maximum atomic E-state index is 12.6. The van der Waals surface area contributed by atoms with Crippen LogP contribution >= 0.6 is 0 Å². The monoisotopic (exact) mass is 526 g/mol. The molecule has 0 saturated heterocycles. The van der Waals surface area contributed by atoms with Crippen LogP contribution in [0, 0.1) is 5.92 Å². The van der Waals surface area contributed by atoms with Crippen molar-refractivity contribution in [3.8, 4) is 17.0 Å². The smallest absolute Gasteiger partial charge is 0.223 e. The van der Waals surface area contributed by atoms with Gasteiger partial charge in [-0.2, -0.15) is 0 Å². The first-order valence-corrected chi connectivity index (χ1v) is 13.4. The van der Waals surface area contributed by atoms with E-state index in [9.17, 15) is 9.59 Å². The molecule has 1 aliphatic carbocycles. The number of imidazole rings is 1. The third-order valence-corrected chi connectivity index (χ3v) is 7.23. The number of hydrogen-bond donors (Lipinski definition) is 3. The fourth-order valence-electron chi connectivity index (χ4n) is 5.23. The molecule has 4 N–H and O–H groups in total. The van der Waals surface area contributed by atoms with E-state index >= 15 is 0 Å². The number of rotatable bonds is 9. The molecule has 1 aliphatic rings. The molecule has 4 aromatic rings. The normalized spacial score (nSPS) is 17.1. The van der Waals surface area contributed by atoms with Gasteiger partial charge in [-0.05, 0) is 43.4 Å². The Balaban J connectivity index is 1.31. The molecule has 0 unspecified atom stereocenters. The number of benzene rings is 2. The number of amides is 2. The maximum absolute atomic E-state index is 12.6. The van der Waals surface area contributed by atoms with Crippen molar-refractivity contribution >= 4 is 23.1 Å². The molecule has 2 heterocycles. The van der Waals surface area contributed by atoms with Crippen LogP contribution in [-0.4, -0.2) is 39.3 Å². The highest BCUT2D eigenvalue weighted by molar-refractivity contribution is 5.85. The first kappa shape index (κ1) is 26.2. The minimum Gasteiger partial charge on any atom is -0.489 e. The molecular formula is C30H34N6O3. The SMILES string of the molecule is CC(=O)NCCNC(=O)C1CCC(c2nc(-c3cccc(OCc4ccccc4)c3)c3c(N)nccn23)CC1. The predicted molar refractivity (Wildman–Crippen MR) is 150 cm³/mol. The Morgan fingerprint density at radius 2 is 1.79 bits per heavy atom. The average molecular weight is 527 g/mol. The topological polar surface area (TPSA) is 124 Å². The second kappa shape index (κ2) is 12.0. The van der Waals surface area contributed by atoms with Gasteiger partial charge in [0.1, 0.15) is 35.2 Å². The van der Waals surface area contributed by atoms with Crippen LogP contribution in [0.3, 0.4) is 0 Å². The summed E-state index contributed by atoms with van der Waals surface area (Å²) in [5, 5.41) is 5.64. The molecule has 2 aromatic carbocycles. The van der Waals surface area contributed by atoms with Gasteiger partial charge in [0.05, 0.1) is 0 Å². The van der Waals surface area contributed by atoms with Gasteiger partial charge in [-0.25, -0.2) is 9.97 Å². The summed E-state index contributed by atoms with van der Waals surface area (Å²) in [6.45, 7) is 2.82. The summed E-state index contributed by atoms with van der Waals surface area (Å²) < 4.78 is 8.11. The molecular weight excluding hydrogens is 492 g/mol. The van der Waals surface area contributed by atoms with Gasteiger partial charge in [-0.3, -0.25) is 14.0 Å². The minimum atomic E-state index is -0.0988. The zero-order chi connectivity index (χ0) is 27.2. The molecule has 202 valence electrons. The Bertz CT molecular complexity index is 1440. The van der Waals surface area contributed by atoms with Crippen LogP contribution in [0.1, 0.15) is 49.9 Å². The molecule has 2 aromatic heterocycles. The summed E-state index contributed by atoms with van der Waals surface area (Å²) in [4.78, 5) is 33.1. The second-order valence-electron chi connectivity index (χ2n) is 9.97. The van der Waals surface area contributed by atoms with E-state index in [1.807, 2.05) is 65.2 Å². The summed E-state index contributed by atoms with van der Waals surface area (Å²) in [6, 6.07) is 18.0. The number of hydrogen-bond acceptors (Lipinski definition) is 6. The Labute approximate surface area is 227 Å². The number of fused-ring (bicyclic) bond motifs is 1. The van der Waals surface area contributed by atoms with Gasteiger partial charge in [-0.1, -0.05) is 42.5 Å². The number of nitrogens with one attached hydrogen (secondary N) is 2. The summed E-state index contributed by atoms with van der Waals surface area (Å²) in [6.07, 6.45) is 6.88. The van der Waals surface area contributed by atoms with Crippen molar-refractivity contribution in [2.24, 2.45) is 5.92 Å². The van der Waals surface area contributed by atoms with Crippen LogP contribution in [0.15, 0.2) is 67.0 Å². The average Bonchev–Trinajstić information content (AvgIpc) is 3.36. The summed E-state index contributed by atoms with van der Waals surface area (Å²) in [7, 11) is 0. The zero-order valence-corrected chi connectivity index (χ0v) is 22.1. The van der Waals surface area contributed by atoms with Gasteiger partial charge in [0, 0.05) is 49.8 Å². The van der Waals surface area contributed by atoms with Crippen LogP contribution in [-0.2, 0) is 16.2 Å². The van der Waals surface area contributed by atoms with Crippen molar-refractivity contribution in [3.05, 3.63) is 78.4 Å². The number of carbonyl (C=O) groups is 2. The Morgan fingerprint density at radius 3 is 2.56 bits per heavy atom. The van der Waals surface area contributed by atoms with Crippen LogP contribution in [0.2, 0.25) is 0 Å². The van der Waals surface area contributed by atoms with E-state index in [1.54, 1.807) is 6.20 Å². The number of carbonyl (C=O) groups excluding carboxylic acids is 2. The number of aromatic nitrogens is 3. The van der Waals surface area contributed by atoms with Crippen molar-refractivity contribution in [1.82, 2.24) is 25.0 Å². The molecule has 9 heteroatoms. The van der Waals surface area contributed by atoms with E-state index < -0.39 is 0 Å². The van der Waals surface area contributed by atoms with Gasteiger partial charge < -0.3 is 21.1 Å². The largest absolute Gasteiger partial charge is 0.489 e. The fourth-order valence-corrected chi connectivity index (χ4v) is 5.23. The van der Waals surface area contributed by atoms with Crippen LogP contribution in [0.25, 0.3) is 16.8 Å². The highest BCUT2D eigenvalue weighted by Crippen LogP contribution is 2.39. The molecule has 0 aliphatic heterocycles. The minimum absolute atomic E-state index is 0.0329. The van der Waals surface area contributed by atoms with E-state index in [-0.39, 0.29) is 23.7 Å². The van der Waals surface area contributed by atoms with Gasteiger partial charge in [0.25, 0.3) is 0 Å². The Morgan fingerprint density at radius 1 is 1.03 bits per heavy atom. The summed E-state index contributed by atoms with van der Waals surface area (Å²) in [5.41, 5.74) is 9.94. The fraction of sp³-hybridized carbons (Fsp3) is 0.333. The van der Waals surface area contributed by atoms with Crippen LogP contribution in [0.4, 0.5) is 5.82 Å². The van der Waals surface area contributed by atoms with Crippen molar-refractivity contribution in [3.63, 3.8) is 0 Å². The van der Waals surface area contributed by atoms with E-state index in [0.29, 0.717) is 25.5 Å². The summed E-state index contributed by atoms with van der Waals surface area (Å²) in [5.74, 6) is 2.24. The third kappa shape index (κ3) is 6.19. The van der Waals surface area contributed by atoms with Crippen molar-refractivity contribution in [2.45, 2.75) is 45.1 Å². The lowest BCUT2D eigenvalue weighted by molar-refractivity contribution is -0.126. The van der Waals surface area contributed by atoms with Gasteiger partial charge in [-0.15, -0.1) is 0 Å². The molecule has 1 saturated carbocycles. The first-order chi connectivity index (χ1) is 19.0. The molecule has 0 radical (unpaired) electrons. The number of nitrogen functional groups attached to an aromatic ring is 1. The third-order valence-electron chi connectivity index (χ3n) is 7.23. The molecule has 0 spiro atoms. The van der Waals surface area contributed by atoms with E-state index in [4.69, 9.17) is 15.5 Å². The Hall–Kier alpha value is -4.40. The molecule has 0 atom stereocenters.